The normalized spacial score (nSPS) is 14.6. The summed E-state index contributed by atoms with van der Waals surface area (Å²) < 4.78 is 5.46. The van der Waals surface area contributed by atoms with E-state index >= 15 is 0 Å². The first-order valence-electron chi connectivity index (χ1n) is 5.32. The van der Waals surface area contributed by atoms with Gasteiger partial charge in [-0.1, -0.05) is 17.7 Å². The Morgan fingerprint density at radius 3 is 3.00 bits per heavy atom. The van der Waals surface area contributed by atoms with Gasteiger partial charge in [0.1, 0.15) is 5.75 Å². The molecule has 0 spiro atoms. The van der Waals surface area contributed by atoms with Crippen LogP contribution < -0.4 is 10.5 Å². The molecule has 88 valence electrons. The largest absolute Gasteiger partial charge is 0.493 e. The van der Waals surface area contributed by atoms with E-state index in [2.05, 4.69) is 18.7 Å². The van der Waals surface area contributed by atoms with E-state index in [1.165, 1.54) is 11.1 Å². The van der Waals surface area contributed by atoms with Crippen molar-refractivity contribution in [1.82, 2.24) is 0 Å². The van der Waals surface area contributed by atoms with Crippen LogP contribution in [0.4, 0.5) is 0 Å². The van der Waals surface area contributed by atoms with Crippen molar-refractivity contribution in [3.05, 3.63) is 41.5 Å². The smallest absolute Gasteiger partial charge is 0.122 e. The molecule has 1 atom stereocenters. The highest BCUT2D eigenvalue weighted by Crippen LogP contribution is 2.28. The molecule has 0 saturated carbocycles. The minimum absolute atomic E-state index is 0. The van der Waals surface area contributed by atoms with Crippen LogP contribution in [0, 0.1) is 0 Å². The van der Waals surface area contributed by atoms with Crippen LogP contribution >= 0.6 is 12.4 Å². The summed E-state index contributed by atoms with van der Waals surface area (Å²) in [6.45, 7) is 6.70. The summed E-state index contributed by atoms with van der Waals surface area (Å²) in [6, 6.07) is 6.30. The van der Waals surface area contributed by atoms with Gasteiger partial charge < -0.3 is 10.5 Å². The highest BCUT2D eigenvalue weighted by molar-refractivity contribution is 5.85. The van der Waals surface area contributed by atoms with Gasteiger partial charge in [0.15, 0.2) is 0 Å². The Balaban J connectivity index is 0.00000128. The lowest BCUT2D eigenvalue weighted by atomic mass is 9.98. The van der Waals surface area contributed by atoms with Crippen LogP contribution in [0.3, 0.4) is 0 Å². The van der Waals surface area contributed by atoms with Crippen molar-refractivity contribution >= 4 is 12.4 Å². The topological polar surface area (TPSA) is 35.2 Å². The van der Waals surface area contributed by atoms with Crippen LogP contribution in [0.15, 0.2) is 30.4 Å². The van der Waals surface area contributed by atoms with Gasteiger partial charge in [0, 0.05) is 12.5 Å². The third-order valence-electron chi connectivity index (χ3n) is 2.71. The highest BCUT2D eigenvalue weighted by Gasteiger charge is 2.14. The Morgan fingerprint density at radius 2 is 2.31 bits per heavy atom. The Labute approximate surface area is 103 Å². The summed E-state index contributed by atoms with van der Waals surface area (Å²) in [5, 5.41) is 0. The molecule has 1 aromatic rings. The SMILES string of the molecule is C=C(C)C[C@H](N)c1ccc2c(c1)CCO2.Cl. The second-order valence-electron chi connectivity index (χ2n) is 4.23. The van der Waals surface area contributed by atoms with Gasteiger partial charge in [-0.2, -0.15) is 0 Å². The molecule has 0 bridgehead atoms. The lowest BCUT2D eigenvalue weighted by Gasteiger charge is -2.12. The molecule has 16 heavy (non-hydrogen) atoms. The maximum Gasteiger partial charge on any atom is 0.122 e. The second kappa shape index (κ2) is 5.37. The van der Waals surface area contributed by atoms with Gasteiger partial charge in [-0.05, 0) is 30.5 Å². The Hall–Kier alpha value is -0.990. The monoisotopic (exact) mass is 239 g/mol. The van der Waals surface area contributed by atoms with Crippen molar-refractivity contribution in [2.24, 2.45) is 5.73 Å². The average molecular weight is 240 g/mol. The van der Waals surface area contributed by atoms with Crippen molar-refractivity contribution in [1.29, 1.82) is 0 Å². The zero-order valence-electron chi connectivity index (χ0n) is 9.53. The quantitative estimate of drug-likeness (QED) is 0.823. The first-order valence-corrected chi connectivity index (χ1v) is 5.32. The van der Waals surface area contributed by atoms with Gasteiger partial charge in [0.25, 0.3) is 0 Å². The Bertz CT molecular complexity index is 390. The van der Waals surface area contributed by atoms with Gasteiger partial charge in [-0.3, -0.25) is 0 Å². The summed E-state index contributed by atoms with van der Waals surface area (Å²) >= 11 is 0. The summed E-state index contributed by atoms with van der Waals surface area (Å²) in [7, 11) is 0. The van der Waals surface area contributed by atoms with Crippen LogP contribution in [0.1, 0.15) is 30.5 Å². The van der Waals surface area contributed by atoms with Gasteiger partial charge in [-0.15, -0.1) is 19.0 Å². The molecule has 1 aliphatic rings. The fourth-order valence-electron chi connectivity index (χ4n) is 1.93. The molecule has 2 rings (SSSR count). The minimum atomic E-state index is 0. The predicted molar refractivity (Wildman–Crippen MR) is 69.2 cm³/mol. The van der Waals surface area contributed by atoms with Gasteiger partial charge in [0.05, 0.1) is 6.61 Å². The molecule has 1 aliphatic heterocycles. The van der Waals surface area contributed by atoms with E-state index in [-0.39, 0.29) is 18.4 Å². The molecule has 0 aliphatic carbocycles. The number of hydrogen-bond acceptors (Lipinski definition) is 2. The van der Waals surface area contributed by atoms with E-state index < -0.39 is 0 Å². The molecule has 0 unspecified atom stereocenters. The predicted octanol–water partition coefficient (Wildman–Crippen LogP) is 3.01. The van der Waals surface area contributed by atoms with Crippen molar-refractivity contribution in [2.75, 3.05) is 6.61 Å². The van der Waals surface area contributed by atoms with E-state index in [4.69, 9.17) is 10.5 Å². The van der Waals surface area contributed by atoms with Gasteiger partial charge >= 0.3 is 0 Å². The number of ether oxygens (including phenoxy) is 1. The molecular weight excluding hydrogens is 222 g/mol. The maximum atomic E-state index is 6.09. The van der Waals surface area contributed by atoms with Crippen LogP contribution in [-0.4, -0.2) is 6.61 Å². The Kier molecular flexibility index (Phi) is 4.39. The van der Waals surface area contributed by atoms with E-state index in [9.17, 15) is 0 Å². The van der Waals surface area contributed by atoms with Crippen molar-refractivity contribution in [2.45, 2.75) is 25.8 Å². The number of benzene rings is 1. The summed E-state index contributed by atoms with van der Waals surface area (Å²) in [4.78, 5) is 0. The lowest BCUT2D eigenvalue weighted by Crippen LogP contribution is -2.10. The van der Waals surface area contributed by atoms with Crippen LogP contribution in [0.2, 0.25) is 0 Å². The fourth-order valence-corrected chi connectivity index (χ4v) is 1.93. The van der Waals surface area contributed by atoms with Crippen LogP contribution in [0.25, 0.3) is 0 Å². The summed E-state index contributed by atoms with van der Waals surface area (Å²) in [5.41, 5.74) is 9.68. The average Bonchev–Trinajstić information content (AvgIpc) is 2.62. The molecule has 0 radical (unpaired) electrons. The van der Waals surface area contributed by atoms with Crippen molar-refractivity contribution < 1.29 is 4.74 Å². The third-order valence-corrected chi connectivity index (χ3v) is 2.71. The highest BCUT2D eigenvalue weighted by atomic mass is 35.5. The summed E-state index contributed by atoms with van der Waals surface area (Å²) in [6.07, 6.45) is 1.85. The van der Waals surface area contributed by atoms with E-state index in [1.54, 1.807) is 0 Å². The summed E-state index contributed by atoms with van der Waals surface area (Å²) in [5.74, 6) is 1.02. The van der Waals surface area contributed by atoms with Crippen molar-refractivity contribution in [3.63, 3.8) is 0 Å². The van der Waals surface area contributed by atoms with Gasteiger partial charge in [0.2, 0.25) is 0 Å². The molecule has 2 nitrogen and oxygen atoms in total. The molecular formula is C13H18ClNO. The first kappa shape index (κ1) is 13.1. The third kappa shape index (κ3) is 2.77. The molecule has 0 saturated heterocycles. The standard InChI is InChI=1S/C13H17NO.ClH/c1-9(2)7-12(14)10-3-4-13-11(8-10)5-6-15-13;/h3-4,8,12H,1,5-7,14H2,2H3;1H/t12-;/m0./s1. The second-order valence-corrected chi connectivity index (χ2v) is 4.23. The van der Waals surface area contributed by atoms with Crippen molar-refractivity contribution in [3.8, 4) is 5.75 Å². The maximum absolute atomic E-state index is 6.09. The molecule has 0 amide bonds. The molecule has 0 fully saturated rings. The molecule has 0 aromatic heterocycles. The molecule has 3 heteroatoms. The van der Waals surface area contributed by atoms with E-state index in [1.807, 2.05) is 13.0 Å². The van der Waals surface area contributed by atoms with Crippen LogP contribution in [0.5, 0.6) is 5.75 Å². The zero-order valence-corrected chi connectivity index (χ0v) is 10.3. The first-order chi connectivity index (χ1) is 7.16. The van der Waals surface area contributed by atoms with E-state index in [0.717, 1.165) is 30.8 Å². The number of hydrogen-bond donors (Lipinski definition) is 1. The molecule has 2 N–H and O–H groups in total. The number of fused-ring (bicyclic) bond motifs is 1. The number of nitrogens with two attached hydrogens (primary N) is 1. The minimum Gasteiger partial charge on any atom is -0.493 e. The van der Waals surface area contributed by atoms with Gasteiger partial charge in [-0.25, -0.2) is 0 Å². The van der Waals surface area contributed by atoms with Crippen LogP contribution in [-0.2, 0) is 6.42 Å². The Morgan fingerprint density at radius 1 is 1.56 bits per heavy atom. The number of halogens is 1. The molecule has 1 aromatic carbocycles. The fraction of sp³-hybridized carbons (Fsp3) is 0.385. The van der Waals surface area contributed by atoms with E-state index in [0.29, 0.717) is 0 Å². The lowest BCUT2D eigenvalue weighted by molar-refractivity contribution is 0.357. The molecule has 1 heterocycles. The zero-order chi connectivity index (χ0) is 10.8. The number of rotatable bonds is 3.